The molecule has 136 valence electrons. The zero-order chi connectivity index (χ0) is 18.7. The Kier molecular flexibility index (Phi) is 5.57. The standard InChI is InChI=1S/C20H20ClFN2O2/c1-13-4-2-5-14(10-13)20(26)24-9-3-6-15(12-24)19(25)23-16-7-8-18(22)17(21)11-16/h2,4-5,7-8,10-11,15H,3,6,9,12H2,1H3,(H,23,25). The van der Waals surface area contributed by atoms with E-state index in [4.69, 9.17) is 11.6 Å². The maximum absolute atomic E-state index is 13.2. The molecule has 1 unspecified atom stereocenters. The van der Waals surface area contributed by atoms with Crippen molar-refractivity contribution in [2.24, 2.45) is 5.92 Å². The molecule has 0 aromatic heterocycles. The lowest BCUT2D eigenvalue weighted by Gasteiger charge is -2.32. The number of carbonyl (C=O) groups is 2. The molecule has 2 amide bonds. The van der Waals surface area contributed by atoms with Crippen LogP contribution in [0.1, 0.15) is 28.8 Å². The fraction of sp³-hybridized carbons (Fsp3) is 0.300. The summed E-state index contributed by atoms with van der Waals surface area (Å²) in [5.41, 5.74) is 2.11. The highest BCUT2D eigenvalue weighted by Gasteiger charge is 2.29. The predicted molar refractivity (Wildman–Crippen MR) is 99.8 cm³/mol. The minimum absolute atomic E-state index is 0.0392. The summed E-state index contributed by atoms with van der Waals surface area (Å²) in [5, 5.41) is 2.72. The zero-order valence-electron chi connectivity index (χ0n) is 14.5. The van der Waals surface area contributed by atoms with Gasteiger partial charge in [0.25, 0.3) is 5.91 Å². The number of piperidine rings is 1. The first-order chi connectivity index (χ1) is 12.4. The van der Waals surface area contributed by atoms with Crippen molar-refractivity contribution in [3.05, 3.63) is 64.4 Å². The van der Waals surface area contributed by atoms with Crippen LogP contribution in [0, 0.1) is 18.7 Å². The Labute approximate surface area is 157 Å². The molecule has 6 heteroatoms. The van der Waals surface area contributed by atoms with Gasteiger partial charge in [-0.2, -0.15) is 0 Å². The van der Waals surface area contributed by atoms with Crippen LogP contribution in [0.3, 0.4) is 0 Å². The lowest BCUT2D eigenvalue weighted by atomic mass is 9.96. The van der Waals surface area contributed by atoms with Gasteiger partial charge in [-0.15, -0.1) is 0 Å². The number of benzene rings is 2. The second-order valence-electron chi connectivity index (χ2n) is 6.58. The first-order valence-electron chi connectivity index (χ1n) is 8.56. The smallest absolute Gasteiger partial charge is 0.253 e. The van der Waals surface area contributed by atoms with Gasteiger partial charge in [0, 0.05) is 24.3 Å². The minimum Gasteiger partial charge on any atom is -0.338 e. The fourth-order valence-corrected chi connectivity index (χ4v) is 3.34. The number of halogens is 2. The second-order valence-corrected chi connectivity index (χ2v) is 6.99. The van der Waals surface area contributed by atoms with E-state index in [-0.39, 0.29) is 22.8 Å². The summed E-state index contributed by atoms with van der Waals surface area (Å²) < 4.78 is 13.2. The average molecular weight is 375 g/mol. The number of anilines is 1. The summed E-state index contributed by atoms with van der Waals surface area (Å²) in [6, 6.07) is 11.5. The number of likely N-dealkylation sites (tertiary alicyclic amines) is 1. The average Bonchev–Trinajstić information content (AvgIpc) is 2.64. The van der Waals surface area contributed by atoms with Crippen molar-refractivity contribution in [3.63, 3.8) is 0 Å². The Morgan fingerprint density at radius 2 is 2.04 bits per heavy atom. The minimum atomic E-state index is -0.530. The van der Waals surface area contributed by atoms with Crippen molar-refractivity contribution >= 4 is 29.1 Å². The highest BCUT2D eigenvalue weighted by atomic mass is 35.5. The number of carbonyl (C=O) groups excluding carboxylic acids is 2. The molecule has 1 fully saturated rings. The highest BCUT2D eigenvalue weighted by Crippen LogP contribution is 2.23. The van der Waals surface area contributed by atoms with E-state index in [2.05, 4.69) is 5.32 Å². The van der Waals surface area contributed by atoms with Crippen LogP contribution in [0.4, 0.5) is 10.1 Å². The Hall–Kier alpha value is -2.40. The Morgan fingerprint density at radius 1 is 1.23 bits per heavy atom. The number of hydrogen-bond acceptors (Lipinski definition) is 2. The number of rotatable bonds is 3. The third kappa shape index (κ3) is 4.22. The zero-order valence-corrected chi connectivity index (χ0v) is 15.2. The lowest BCUT2D eigenvalue weighted by Crippen LogP contribution is -2.43. The molecule has 1 atom stereocenters. The molecule has 1 saturated heterocycles. The largest absolute Gasteiger partial charge is 0.338 e. The molecular formula is C20H20ClFN2O2. The summed E-state index contributed by atoms with van der Waals surface area (Å²) in [4.78, 5) is 27.0. The highest BCUT2D eigenvalue weighted by molar-refractivity contribution is 6.31. The monoisotopic (exact) mass is 374 g/mol. The number of aryl methyl sites for hydroxylation is 1. The van der Waals surface area contributed by atoms with Crippen molar-refractivity contribution in [3.8, 4) is 0 Å². The quantitative estimate of drug-likeness (QED) is 0.871. The summed E-state index contributed by atoms with van der Waals surface area (Å²) in [6.45, 7) is 2.95. The second kappa shape index (κ2) is 7.87. The third-order valence-corrected chi connectivity index (χ3v) is 4.82. The topological polar surface area (TPSA) is 49.4 Å². The molecular weight excluding hydrogens is 355 g/mol. The van der Waals surface area contributed by atoms with Crippen LogP contribution < -0.4 is 5.32 Å². The Bertz CT molecular complexity index is 840. The fourth-order valence-electron chi connectivity index (χ4n) is 3.15. The first-order valence-corrected chi connectivity index (χ1v) is 8.93. The number of hydrogen-bond donors (Lipinski definition) is 1. The molecule has 1 aliphatic heterocycles. The van der Waals surface area contributed by atoms with Gasteiger partial charge in [0.2, 0.25) is 5.91 Å². The lowest BCUT2D eigenvalue weighted by molar-refractivity contribution is -0.121. The van der Waals surface area contributed by atoms with Crippen molar-refractivity contribution in [2.75, 3.05) is 18.4 Å². The van der Waals surface area contributed by atoms with Crippen LogP contribution in [0.15, 0.2) is 42.5 Å². The van der Waals surface area contributed by atoms with Crippen molar-refractivity contribution < 1.29 is 14.0 Å². The maximum atomic E-state index is 13.2. The summed E-state index contributed by atoms with van der Waals surface area (Å²) in [7, 11) is 0. The first kappa shape index (κ1) is 18.4. The number of nitrogens with zero attached hydrogens (tertiary/aromatic N) is 1. The van der Waals surface area contributed by atoms with E-state index in [9.17, 15) is 14.0 Å². The molecule has 2 aromatic carbocycles. The van der Waals surface area contributed by atoms with E-state index in [0.29, 0.717) is 30.8 Å². The third-order valence-electron chi connectivity index (χ3n) is 4.53. The molecule has 3 rings (SSSR count). The normalized spacial score (nSPS) is 17.0. The molecule has 1 N–H and O–H groups in total. The Morgan fingerprint density at radius 3 is 2.77 bits per heavy atom. The van der Waals surface area contributed by atoms with Crippen molar-refractivity contribution in [1.29, 1.82) is 0 Å². The van der Waals surface area contributed by atoms with Gasteiger partial charge in [-0.3, -0.25) is 9.59 Å². The maximum Gasteiger partial charge on any atom is 0.253 e. The van der Waals surface area contributed by atoms with Crippen LogP contribution in [-0.2, 0) is 4.79 Å². The van der Waals surface area contributed by atoms with E-state index >= 15 is 0 Å². The van der Waals surface area contributed by atoms with Crippen LogP contribution in [0.5, 0.6) is 0 Å². The van der Waals surface area contributed by atoms with E-state index in [1.165, 1.54) is 18.2 Å². The van der Waals surface area contributed by atoms with E-state index in [1.807, 2.05) is 25.1 Å². The van der Waals surface area contributed by atoms with Gasteiger partial charge in [-0.25, -0.2) is 4.39 Å². The van der Waals surface area contributed by atoms with Gasteiger partial charge >= 0.3 is 0 Å². The molecule has 0 bridgehead atoms. The van der Waals surface area contributed by atoms with Crippen molar-refractivity contribution in [1.82, 2.24) is 4.90 Å². The number of nitrogens with one attached hydrogen (secondary N) is 1. The summed E-state index contributed by atoms with van der Waals surface area (Å²) in [6.07, 6.45) is 1.47. The van der Waals surface area contributed by atoms with E-state index in [1.54, 1.807) is 11.0 Å². The number of amides is 2. The van der Waals surface area contributed by atoms with E-state index < -0.39 is 5.82 Å². The van der Waals surface area contributed by atoms with Gasteiger partial charge in [0.1, 0.15) is 5.82 Å². The van der Waals surface area contributed by atoms with Gasteiger partial charge in [-0.1, -0.05) is 29.3 Å². The molecule has 0 saturated carbocycles. The van der Waals surface area contributed by atoms with Crippen LogP contribution in [0.25, 0.3) is 0 Å². The van der Waals surface area contributed by atoms with Crippen molar-refractivity contribution in [2.45, 2.75) is 19.8 Å². The van der Waals surface area contributed by atoms with Crippen LogP contribution >= 0.6 is 11.6 Å². The molecule has 2 aromatic rings. The molecule has 4 nitrogen and oxygen atoms in total. The van der Waals surface area contributed by atoms with Gasteiger partial charge in [0.05, 0.1) is 10.9 Å². The van der Waals surface area contributed by atoms with Gasteiger partial charge < -0.3 is 10.2 Å². The predicted octanol–water partition coefficient (Wildman–Crippen LogP) is 4.28. The Balaban J connectivity index is 1.66. The van der Waals surface area contributed by atoms with E-state index in [0.717, 1.165) is 12.0 Å². The van der Waals surface area contributed by atoms with Crippen LogP contribution in [-0.4, -0.2) is 29.8 Å². The molecule has 0 radical (unpaired) electrons. The summed E-state index contributed by atoms with van der Waals surface area (Å²) >= 11 is 5.75. The van der Waals surface area contributed by atoms with Crippen LogP contribution in [0.2, 0.25) is 5.02 Å². The molecule has 1 aliphatic rings. The SMILES string of the molecule is Cc1cccc(C(=O)N2CCCC(C(=O)Nc3ccc(F)c(Cl)c3)C2)c1. The summed E-state index contributed by atoms with van der Waals surface area (Å²) in [5.74, 6) is -1.08. The molecule has 26 heavy (non-hydrogen) atoms. The molecule has 1 heterocycles. The molecule has 0 spiro atoms. The van der Waals surface area contributed by atoms with Gasteiger partial charge in [0.15, 0.2) is 0 Å². The van der Waals surface area contributed by atoms with Gasteiger partial charge in [-0.05, 0) is 50.1 Å². The molecule has 0 aliphatic carbocycles.